The Morgan fingerprint density at radius 1 is 1.28 bits per heavy atom. The highest BCUT2D eigenvalue weighted by molar-refractivity contribution is 9.10. The van der Waals surface area contributed by atoms with Gasteiger partial charge in [-0.05, 0) is 53.2 Å². The molecule has 5 heteroatoms. The van der Waals surface area contributed by atoms with Gasteiger partial charge in [0.25, 0.3) is 0 Å². The summed E-state index contributed by atoms with van der Waals surface area (Å²) in [4.78, 5) is 1.20. The Morgan fingerprint density at radius 3 is 2.56 bits per heavy atom. The zero-order chi connectivity index (χ0) is 13.3. The molecular formula is C13H12Br2ClNS. The van der Waals surface area contributed by atoms with Crippen LogP contribution in [-0.4, -0.2) is 7.05 Å². The van der Waals surface area contributed by atoms with Crippen LogP contribution in [0.4, 0.5) is 0 Å². The molecule has 0 radical (unpaired) electrons. The van der Waals surface area contributed by atoms with Gasteiger partial charge in [0, 0.05) is 13.8 Å². The quantitative estimate of drug-likeness (QED) is 0.701. The summed E-state index contributed by atoms with van der Waals surface area (Å²) in [5, 5.41) is 3.35. The van der Waals surface area contributed by atoms with E-state index in [0.717, 1.165) is 13.3 Å². The van der Waals surface area contributed by atoms with Crippen LogP contribution in [-0.2, 0) is 0 Å². The van der Waals surface area contributed by atoms with E-state index in [1.54, 1.807) is 11.3 Å². The van der Waals surface area contributed by atoms with Gasteiger partial charge >= 0.3 is 0 Å². The summed E-state index contributed by atoms with van der Waals surface area (Å²) >= 11 is 14.8. The van der Waals surface area contributed by atoms with Crippen LogP contribution in [0.25, 0.3) is 0 Å². The molecular weight excluding hydrogens is 397 g/mol. The van der Waals surface area contributed by atoms with Gasteiger partial charge in [-0.25, -0.2) is 0 Å². The van der Waals surface area contributed by atoms with E-state index in [9.17, 15) is 0 Å². The molecule has 0 aliphatic heterocycles. The third-order valence-corrected chi connectivity index (χ3v) is 6.26. The molecule has 0 spiro atoms. The molecule has 1 N–H and O–H groups in total. The largest absolute Gasteiger partial charge is 0.309 e. The van der Waals surface area contributed by atoms with Gasteiger partial charge in [-0.1, -0.05) is 39.7 Å². The lowest BCUT2D eigenvalue weighted by atomic mass is 10.0. The first kappa shape index (κ1) is 14.5. The van der Waals surface area contributed by atoms with Crippen LogP contribution in [0, 0.1) is 6.92 Å². The fraction of sp³-hybridized carbons (Fsp3) is 0.231. The zero-order valence-corrected chi connectivity index (χ0v) is 14.7. The molecule has 2 rings (SSSR count). The van der Waals surface area contributed by atoms with Crippen LogP contribution in [0.2, 0.25) is 4.34 Å². The Morgan fingerprint density at radius 2 is 2.00 bits per heavy atom. The molecule has 1 nitrogen and oxygen atoms in total. The van der Waals surface area contributed by atoms with E-state index in [-0.39, 0.29) is 6.04 Å². The van der Waals surface area contributed by atoms with Gasteiger partial charge in [0.1, 0.15) is 4.34 Å². The van der Waals surface area contributed by atoms with Crippen molar-refractivity contribution in [2.75, 3.05) is 7.05 Å². The van der Waals surface area contributed by atoms with Crippen LogP contribution in [0.1, 0.15) is 22.0 Å². The fourth-order valence-electron chi connectivity index (χ4n) is 1.89. The van der Waals surface area contributed by atoms with E-state index in [1.165, 1.54) is 16.0 Å². The maximum absolute atomic E-state index is 6.12. The minimum atomic E-state index is 0.163. The summed E-state index contributed by atoms with van der Waals surface area (Å²) in [6, 6.07) is 8.50. The molecule has 0 aliphatic carbocycles. The molecule has 1 aromatic carbocycles. The van der Waals surface area contributed by atoms with Gasteiger partial charge in [0.05, 0.1) is 6.04 Å². The fourth-order valence-corrected chi connectivity index (χ4v) is 4.14. The normalized spacial score (nSPS) is 12.7. The van der Waals surface area contributed by atoms with Gasteiger partial charge in [0.15, 0.2) is 0 Å². The van der Waals surface area contributed by atoms with Crippen LogP contribution in [0.3, 0.4) is 0 Å². The van der Waals surface area contributed by atoms with E-state index < -0.39 is 0 Å². The number of thiophene rings is 1. The lowest BCUT2D eigenvalue weighted by molar-refractivity contribution is 0.698. The predicted molar refractivity (Wildman–Crippen MR) is 86.8 cm³/mol. The maximum Gasteiger partial charge on any atom is 0.107 e. The van der Waals surface area contributed by atoms with Gasteiger partial charge in [-0.2, -0.15) is 0 Å². The molecule has 1 atom stereocenters. The lowest BCUT2D eigenvalue weighted by Crippen LogP contribution is -2.17. The van der Waals surface area contributed by atoms with Crippen LogP contribution < -0.4 is 5.32 Å². The van der Waals surface area contributed by atoms with Crippen LogP contribution in [0.15, 0.2) is 33.2 Å². The highest BCUT2D eigenvalue weighted by Gasteiger charge is 2.18. The van der Waals surface area contributed by atoms with Gasteiger partial charge in [-0.15, -0.1) is 11.3 Å². The van der Waals surface area contributed by atoms with E-state index in [0.29, 0.717) is 0 Å². The number of hydrogen-bond acceptors (Lipinski definition) is 2. The predicted octanol–water partition coefficient (Wildman–Crippen LogP) is 5.54. The monoisotopic (exact) mass is 407 g/mol. The van der Waals surface area contributed by atoms with Gasteiger partial charge < -0.3 is 5.32 Å². The number of benzene rings is 1. The summed E-state index contributed by atoms with van der Waals surface area (Å²) in [5.41, 5.74) is 2.51. The standard InChI is InChI=1S/C13H12Br2ClNS/c1-7-8(4-3-5-9(7)14)12(17-2)11-6-10(15)13(16)18-11/h3-6,12,17H,1-2H3. The molecule has 18 heavy (non-hydrogen) atoms. The molecule has 0 bridgehead atoms. The molecule has 96 valence electrons. The van der Waals surface area contributed by atoms with Crippen LogP contribution >= 0.6 is 54.8 Å². The minimum absolute atomic E-state index is 0.163. The van der Waals surface area contributed by atoms with Gasteiger partial charge in [-0.3, -0.25) is 0 Å². The summed E-state index contributed by atoms with van der Waals surface area (Å²) in [7, 11) is 1.96. The maximum atomic E-state index is 6.12. The molecule has 0 fully saturated rings. The van der Waals surface area contributed by atoms with Crippen LogP contribution in [0.5, 0.6) is 0 Å². The second kappa shape index (κ2) is 6.06. The summed E-state index contributed by atoms with van der Waals surface area (Å²) < 4.78 is 2.87. The second-order valence-electron chi connectivity index (χ2n) is 3.95. The average molecular weight is 410 g/mol. The first-order chi connectivity index (χ1) is 8.54. The average Bonchev–Trinajstić information content (AvgIpc) is 2.66. The number of rotatable bonds is 3. The van der Waals surface area contributed by atoms with Crippen molar-refractivity contribution in [3.63, 3.8) is 0 Å². The summed E-state index contributed by atoms with van der Waals surface area (Å²) in [6.07, 6.45) is 0. The third-order valence-electron chi connectivity index (χ3n) is 2.86. The molecule has 0 saturated heterocycles. The first-order valence-electron chi connectivity index (χ1n) is 5.41. The summed E-state index contributed by atoms with van der Waals surface area (Å²) in [6.45, 7) is 2.12. The van der Waals surface area contributed by atoms with Crippen molar-refractivity contribution in [3.8, 4) is 0 Å². The number of halogens is 3. The zero-order valence-electron chi connectivity index (χ0n) is 9.93. The second-order valence-corrected chi connectivity index (χ2v) is 7.34. The van der Waals surface area contributed by atoms with Crippen molar-refractivity contribution in [3.05, 3.63) is 53.6 Å². The van der Waals surface area contributed by atoms with Crippen molar-refractivity contribution in [2.24, 2.45) is 0 Å². The number of hydrogen-bond donors (Lipinski definition) is 1. The Kier molecular flexibility index (Phi) is 4.89. The van der Waals surface area contributed by atoms with E-state index in [4.69, 9.17) is 11.6 Å². The topological polar surface area (TPSA) is 12.0 Å². The van der Waals surface area contributed by atoms with Gasteiger partial charge in [0.2, 0.25) is 0 Å². The molecule has 0 saturated carbocycles. The Hall–Kier alpha value is 0.130. The lowest BCUT2D eigenvalue weighted by Gasteiger charge is -2.18. The van der Waals surface area contributed by atoms with Crippen molar-refractivity contribution in [1.82, 2.24) is 5.32 Å². The third kappa shape index (κ3) is 2.83. The molecule has 0 amide bonds. The number of nitrogens with one attached hydrogen (secondary N) is 1. The SMILES string of the molecule is CNC(c1cc(Br)c(Cl)s1)c1cccc(Br)c1C. The minimum Gasteiger partial charge on any atom is -0.309 e. The summed E-state index contributed by atoms with van der Waals surface area (Å²) in [5.74, 6) is 0. The Bertz CT molecular complexity index is 549. The Labute approximate surface area is 133 Å². The van der Waals surface area contributed by atoms with E-state index in [2.05, 4.69) is 68.4 Å². The van der Waals surface area contributed by atoms with Crippen molar-refractivity contribution >= 4 is 54.8 Å². The van der Waals surface area contributed by atoms with Crippen molar-refractivity contribution in [2.45, 2.75) is 13.0 Å². The highest BCUT2D eigenvalue weighted by Crippen LogP contribution is 2.38. The first-order valence-corrected chi connectivity index (χ1v) is 8.19. The molecule has 1 unspecified atom stereocenters. The molecule has 1 aromatic heterocycles. The molecule has 2 aromatic rings. The smallest absolute Gasteiger partial charge is 0.107 e. The van der Waals surface area contributed by atoms with E-state index >= 15 is 0 Å². The highest BCUT2D eigenvalue weighted by atomic mass is 79.9. The molecule has 1 heterocycles. The van der Waals surface area contributed by atoms with Crippen molar-refractivity contribution < 1.29 is 0 Å². The Balaban J connectivity index is 2.48. The molecule has 0 aliphatic rings. The van der Waals surface area contributed by atoms with E-state index in [1.807, 2.05) is 7.05 Å². The van der Waals surface area contributed by atoms with Crippen molar-refractivity contribution in [1.29, 1.82) is 0 Å².